The molecule has 1 N–H and O–H groups in total. The molecule has 3 aromatic heterocycles. The van der Waals surface area contributed by atoms with Crippen molar-refractivity contribution in [3.05, 3.63) is 70.7 Å². The van der Waals surface area contributed by atoms with E-state index in [-0.39, 0.29) is 5.91 Å². The molecule has 0 fully saturated rings. The molecule has 0 bridgehead atoms. The highest BCUT2D eigenvalue weighted by atomic mass is 32.1. The third-order valence-corrected chi connectivity index (χ3v) is 3.84. The predicted molar refractivity (Wildman–Crippen MR) is 83.0 cm³/mol. The normalized spacial score (nSPS) is 10.3. The van der Waals surface area contributed by atoms with Gasteiger partial charge in [0, 0.05) is 17.3 Å². The van der Waals surface area contributed by atoms with Gasteiger partial charge in [-0.2, -0.15) is 0 Å². The Morgan fingerprint density at radius 3 is 2.71 bits per heavy atom. The maximum Gasteiger partial charge on any atom is 0.253 e. The fraction of sp³-hybridized carbons (Fsp3) is 0.0625. The van der Waals surface area contributed by atoms with E-state index in [1.807, 2.05) is 35.7 Å². The summed E-state index contributed by atoms with van der Waals surface area (Å²) in [5, 5.41) is 4.91. The molecule has 0 aromatic carbocycles. The van der Waals surface area contributed by atoms with Crippen molar-refractivity contribution in [1.82, 2.24) is 15.3 Å². The first-order valence-electron chi connectivity index (χ1n) is 6.51. The summed E-state index contributed by atoms with van der Waals surface area (Å²) in [6.45, 7) is 0.521. The van der Waals surface area contributed by atoms with Crippen LogP contribution in [0.4, 0.5) is 0 Å². The lowest BCUT2D eigenvalue weighted by Crippen LogP contribution is -2.23. The average Bonchev–Trinajstić information content (AvgIpc) is 3.07. The molecule has 0 radical (unpaired) electrons. The van der Waals surface area contributed by atoms with Gasteiger partial charge in [-0.1, -0.05) is 12.1 Å². The zero-order chi connectivity index (χ0) is 14.5. The Bertz CT molecular complexity index is 726. The zero-order valence-corrected chi connectivity index (χ0v) is 12.0. The highest BCUT2D eigenvalue weighted by Gasteiger charge is 2.14. The molecule has 1 amide bonds. The highest BCUT2D eigenvalue weighted by molar-refractivity contribution is 7.09. The van der Waals surface area contributed by atoms with E-state index in [1.165, 1.54) is 0 Å². The van der Waals surface area contributed by atoms with Gasteiger partial charge in [0.15, 0.2) is 0 Å². The second kappa shape index (κ2) is 6.28. The predicted octanol–water partition coefficient (Wildman–Crippen LogP) is 3.14. The number of carbonyl (C=O) groups excluding carboxylic acids is 1. The van der Waals surface area contributed by atoms with Crippen LogP contribution in [-0.4, -0.2) is 15.9 Å². The summed E-state index contributed by atoms with van der Waals surface area (Å²) in [4.78, 5) is 22.0. The minimum atomic E-state index is -0.142. The molecule has 3 rings (SSSR count). The first-order chi connectivity index (χ1) is 10.3. The van der Waals surface area contributed by atoms with Crippen LogP contribution in [0.15, 0.2) is 60.2 Å². The van der Waals surface area contributed by atoms with Crippen LogP contribution in [0.3, 0.4) is 0 Å². The van der Waals surface area contributed by atoms with Crippen molar-refractivity contribution in [2.45, 2.75) is 6.54 Å². The van der Waals surface area contributed by atoms with Crippen molar-refractivity contribution in [2.24, 2.45) is 0 Å². The van der Waals surface area contributed by atoms with Crippen molar-refractivity contribution >= 4 is 17.2 Å². The molecular weight excluding hydrogens is 282 g/mol. The fourth-order valence-electron chi connectivity index (χ4n) is 1.97. The maximum absolute atomic E-state index is 12.4. The van der Waals surface area contributed by atoms with E-state index in [4.69, 9.17) is 0 Å². The summed E-state index contributed by atoms with van der Waals surface area (Å²) in [5.41, 5.74) is 1.83. The molecule has 0 unspecified atom stereocenters. The van der Waals surface area contributed by atoms with Crippen LogP contribution in [-0.2, 0) is 6.54 Å². The molecule has 0 aliphatic rings. The number of pyridine rings is 2. The number of hydrogen-bond acceptors (Lipinski definition) is 4. The Labute approximate surface area is 126 Å². The van der Waals surface area contributed by atoms with Crippen LogP contribution in [0.2, 0.25) is 0 Å². The largest absolute Gasteiger partial charge is 0.347 e. The summed E-state index contributed by atoms with van der Waals surface area (Å²) in [6.07, 6.45) is 3.36. The van der Waals surface area contributed by atoms with Gasteiger partial charge < -0.3 is 5.32 Å². The minimum Gasteiger partial charge on any atom is -0.347 e. The molecular formula is C16H13N3OS. The molecule has 3 aromatic rings. The van der Waals surface area contributed by atoms with Crippen LogP contribution in [0.5, 0.6) is 0 Å². The van der Waals surface area contributed by atoms with Crippen molar-refractivity contribution in [3.63, 3.8) is 0 Å². The lowest BCUT2D eigenvalue weighted by molar-refractivity contribution is 0.0951. The number of carbonyl (C=O) groups is 1. The van der Waals surface area contributed by atoms with Crippen molar-refractivity contribution in [1.29, 1.82) is 0 Å². The minimum absolute atomic E-state index is 0.142. The van der Waals surface area contributed by atoms with Crippen LogP contribution < -0.4 is 5.32 Å². The van der Waals surface area contributed by atoms with Gasteiger partial charge in [0.05, 0.1) is 17.8 Å². The number of amides is 1. The molecule has 0 spiro atoms. The standard InChI is InChI=1S/C16H13N3OS/c20-16(19-11-12-5-4-10-21-12)13-6-3-9-18-15(13)14-7-1-2-8-17-14/h1-10H,11H2,(H,19,20). The molecule has 3 heterocycles. The summed E-state index contributed by atoms with van der Waals surface area (Å²) in [5.74, 6) is -0.142. The van der Waals surface area contributed by atoms with Gasteiger partial charge in [-0.25, -0.2) is 0 Å². The van der Waals surface area contributed by atoms with Crippen LogP contribution >= 0.6 is 11.3 Å². The first kappa shape index (κ1) is 13.5. The Kier molecular flexibility index (Phi) is 4.02. The maximum atomic E-state index is 12.4. The van der Waals surface area contributed by atoms with E-state index >= 15 is 0 Å². The molecule has 5 heteroatoms. The number of thiophene rings is 1. The zero-order valence-electron chi connectivity index (χ0n) is 11.2. The Hall–Kier alpha value is -2.53. The summed E-state index contributed by atoms with van der Waals surface area (Å²) in [6, 6.07) is 13.0. The number of rotatable bonds is 4. The monoisotopic (exact) mass is 295 g/mol. The molecule has 0 aliphatic heterocycles. The van der Waals surface area contributed by atoms with Crippen molar-refractivity contribution in [2.75, 3.05) is 0 Å². The van der Waals surface area contributed by atoms with Gasteiger partial charge in [-0.05, 0) is 35.7 Å². The quantitative estimate of drug-likeness (QED) is 0.804. The van der Waals surface area contributed by atoms with Gasteiger partial charge in [0.25, 0.3) is 5.91 Å². The topological polar surface area (TPSA) is 54.9 Å². The van der Waals surface area contributed by atoms with Crippen LogP contribution in [0.25, 0.3) is 11.4 Å². The van der Waals surface area contributed by atoms with Crippen LogP contribution in [0.1, 0.15) is 15.2 Å². The number of nitrogens with zero attached hydrogens (tertiary/aromatic N) is 2. The third kappa shape index (κ3) is 3.14. The molecule has 0 saturated heterocycles. The van der Waals surface area contributed by atoms with E-state index in [0.29, 0.717) is 23.5 Å². The van der Waals surface area contributed by atoms with E-state index in [2.05, 4.69) is 15.3 Å². The molecule has 0 atom stereocenters. The van der Waals surface area contributed by atoms with Gasteiger partial charge in [0.2, 0.25) is 0 Å². The van der Waals surface area contributed by atoms with Crippen molar-refractivity contribution < 1.29 is 4.79 Å². The Balaban J connectivity index is 1.83. The summed E-state index contributed by atoms with van der Waals surface area (Å²) in [7, 11) is 0. The summed E-state index contributed by atoms with van der Waals surface area (Å²) < 4.78 is 0. The third-order valence-electron chi connectivity index (χ3n) is 2.96. The number of aromatic nitrogens is 2. The van der Waals surface area contributed by atoms with Crippen molar-refractivity contribution in [3.8, 4) is 11.4 Å². The van der Waals surface area contributed by atoms with Gasteiger partial charge in [-0.3, -0.25) is 14.8 Å². The molecule has 104 valence electrons. The van der Waals surface area contributed by atoms with E-state index in [0.717, 1.165) is 4.88 Å². The van der Waals surface area contributed by atoms with E-state index in [9.17, 15) is 4.79 Å². The van der Waals surface area contributed by atoms with E-state index in [1.54, 1.807) is 35.9 Å². The number of nitrogens with one attached hydrogen (secondary N) is 1. The highest BCUT2D eigenvalue weighted by Crippen LogP contribution is 2.18. The second-order valence-electron chi connectivity index (χ2n) is 4.38. The first-order valence-corrected chi connectivity index (χ1v) is 7.39. The smallest absolute Gasteiger partial charge is 0.253 e. The van der Waals surface area contributed by atoms with Gasteiger partial charge >= 0.3 is 0 Å². The fourth-order valence-corrected chi connectivity index (χ4v) is 2.62. The molecule has 0 aliphatic carbocycles. The van der Waals surface area contributed by atoms with Crippen LogP contribution in [0, 0.1) is 0 Å². The SMILES string of the molecule is O=C(NCc1cccs1)c1cccnc1-c1ccccn1. The van der Waals surface area contributed by atoms with E-state index < -0.39 is 0 Å². The Morgan fingerprint density at radius 2 is 1.95 bits per heavy atom. The number of hydrogen-bond donors (Lipinski definition) is 1. The lowest BCUT2D eigenvalue weighted by Gasteiger charge is -2.08. The second-order valence-corrected chi connectivity index (χ2v) is 5.41. The Morgan fingerprint density at radius 1 is 1.05 bits per heavy atom. The molecule has 4 nitrogen and oxygen atoms in total. The lowest BCUT2D eigenvalue weighted by atomic mass is 10.1. The van der Waals surface area contributed by atoms with Gasteiger partial charge in [-0.15, -0.1) is 11.3 Å². The molecule has 0 saturated carbocycles. The van der Waals surface area contributed by atoms with Gasteiger partial charge in [0.1, 0.15) is 5.69 Å². The molecule has 21 heavy (non-hydrogen) atoms. The average molecular weight is 295 g/mol. The summed E-state index contributed by atoms with van der Waals surface area (Å²) >= 11 is 1.62.